The molecule has 0 bridgehead atoms. The van der Waals surface area contributed by atoms with Gasteiger partial charge in [0.1, 0.15) is 0 Å². The zero-order valence-electron chi connectivity index (χ0n) is 12.3. The summed E-state index contributed by atoms with van der Waals surface area (Å²) in [5, 5.41) is 12.8. The molecular formula is C15H16N2O4S. The molecule has 1 N–H and O–H groups in total. The van der Waals surface area contributed by atoms with Gasteiger partial charge in [0.2, 0.25) is 0 Å². The minimum absolute atomic E-state index is 0.279. The topological polar surface area (TPSA) is 89.3 Å². The summed E-state index contributed by atoms with van der Waals surface area (Å²) >= 11 is 0. The fourth-order valence-corrected chi connectivity index (χ4v) is 4.06. The number of aryl methyl sites for hydroxylation is 2. The second kappa shape index (κ2) is 4.95. The third kappa shape index (κ3) is 2.41. The van der Waals surface area contributed by atoms with Gasteiger partial charge in [-0.15, -0.1) is 0 Å². The van der Waals surface area contributed by atoms with Crippen molar-refractivity contribution in [1.29, 1.82) is 0 Å². The molecule has 116 valence electrons. The van der Waals surface area contributed by atoms with Crippen LogP contribution in [0.25, 0.3) is 11.1 Å². The van der Waals surface area contributed by atoms with E-state index in [1.165, 1.54) is 12.4 Å². The Kier molecular flexibility index (Phi) is 3.32. The summed E-state index contributed by atoms with van der Waals surface area (Å²) in [6.07, 6.45) is 4.35. The monoisotopic (exact) mass is 320 g/mol. The third-order valence-electron chi connectivity index (χ3n) is 3.85. The van der Waals surface area contributed by atoms with Crippen LogP contribution in [0.2, 0.25) is 0 Å². The normalized spacial score (nSPS) is 15.0. The average Bonchev–Trinajstić information content (AvgIpc) is 3.15. The number of benzene rings is 1. The Bertz CT molecular complexity index is 840. The van der Waals surface area contributed by atoms with Crippen molar-refractivity contribution in [3.05, 3.63) is 41.2 Å². The standard InChI is InChI=1S/C15H16N2O4S/c1-9-5-11(6-10(2)14(9)15(18)19)12-7-16-17(8-12)22(20,21)13-3-4-13/h5-8,13H,3-4H2,1-2H3,(H,18,19). The van der Waals surface area contributed by atoms with Crippen LogP contribution in [0, 0.1) is 13.8 Å². The van der Waals surface area contributed by atoms with Crippen molar-refractivity contribution in [2.24, 2.45) is 0 Å². The van der Waals surface area contributed by atoms with E-state index in [1.807, 2.05) is 0 Å². The largest absolute Gasteiger partial charge is 0.478 e. The highest BCUT2D eigenvalue weighted by Gasteiger charge is 2.37. The Morgan fingerprint density at radius 1 is 1.23 bits per heavy atom. The second-order valence-electron chi connectivity index (χ2n) is 5.64. The second-order valence-corrected chi connectivity index (χ2v) is 7.71. The molecule has 6 nitrogen and oxygen atoms in total. The minimum atomic E-state index is -3.38. The molecule has 0 atom stereocenters. The van der Waals surface area contributed by atoms with Crippen LogP contribution in [-0.2, 0) is 10.0 Å². The van der Waals surface area contributed by atoms with Gasteiger partial charge in [-0.25, -0.2) is 13.2 Å². The summed E-state index contributed by atoms with van der Waals surface area (Å²) in [7, 11) is -3.38. The molecule has 3 rings (SSSR count). The molecule has 0 aliphatic heterocycles. The SMILES string of the molecule is Cc1cc(-c2cnn(S(=O)(=O)C3CC3)c2)cc(C)c1C(=O)O. The molecule has 1 aliphatic rings. The number of hydrogen-bond acceptors (Lipinski definition) is 4. The lowest BCUT2D eigenvalue weighted by Crippen LogP contribution is -2.17. The molecule has 2 aromatic rings. The van der Waals surface area contributed by atoms with Crippen LogP contribution in [0.1, 0.15) is 34.3 Å². The van der Waals surface area contributed by atoms with Crippen molar-refractivity contribution in [2.75, 3.05) is 0 Å². The van der Waals surface area contributed by atoms with Crippen molar-refractivity contribution < 1.29 is 18.3 Å². The van der Waals surface area contributed by atoms with Gasteiger partial charge in [0.05, 0.1) is 23.2 Å². The molecule has 1 aliphatic carbocycles. The molecule has 1 fully saturated rings. The maximum atomic E-state index is 12.1. The quantitative estimate of drug-likeness (QED) is 0.933. The van der Waals surface area contributed by atoms with E-state index in [0.29, 0.717) is 29.5 Å². The highest BCUT2D eigenvalue weighted by molar-refractivity contribution is 7.90. The van der Waals surface area contributed by atoms with Gasteiger partial charge >= 0.3 is 5.97 Å². The number of carboxylic acids is 1. The molecule has 0 unspecified atom stereocenters. The number of carbonyl (C=O) groups is 1. The number of aromatic carboxylic acids is 1. The van der Waals surface area contributed by atoms with Crippen molar-refractivity contribution in [2.45, 2.75) is 31.9 Å². The Morgan fingerprint density at radius 3 is 2.32 bits per heavy atom. The number of carboxylic acid groups (broad SMARTS) is 1. The van der Waals surface area contributed by atoms with Crippen LogP contribution in [0.15, 0.2) is 24.5 Å². The van der Waals surface area contributed by atoms with E-state index >= 15 is 0 Å². The molecular weight excluding hydrogens is 304 g/mol. The summed E-state index contributed by atoms with van der Waals surface area (Å²) in [6.45, 7) is 3.45. The molecule has 0 saturated heterocycles. The van der Waals surface area contributed by atoms with Crippen LogP contribution in [0.4, 0.5) is 0 Å². The number of nitrogens with zero attached hydrogens (tertiary/aromatic N) is 2. The maximum absolute atomic E-state index is 12.1. The molecule has 0 radical (unpaired) electrons. The Morgan fingerprint density at radius 2 is 1.82 bits per heavy atom. The van der Waals surface area contributed by atoms with Crippen LogP contribution in [-0.4, -0.2) is 33.9 Å². The van der Waals surface area contributed by atoms with E-state index in [2.05, 4.69) is 5.10 Å². The van der Waals surface area contributed by atoms with Gasteiger partial charge in [0, 0.05) is 5.56 Å². The van der Waals surface area contributed by atoms with Crippen molar-refractivity contribution in [3.63, 3.8) is 0 Å². The van der Waals surface area contributed by atoms with E-state index in [1.54, 1.807) is 26.0 Å². The number of hydrogen-bond donors (Lipinski definition) is 1. The first-order valence-corrected chi connectivity index (χ1v) is 8.45. The van der Waals surface area contributed by atoms with Gasteiger partial charge in [0.15, 0.2) is 0 Å². The molecule has 7 heteroatoms. The highest BCUT2D eigenvalue weighted by Crippen LogP contribution is 2.31. The predicted octanol–water partition coefficient (Wildman–Crippen LogP) is 2.21. The molecule has 1 aromatic carbocycles. The molecule has 1 heterocycles. The van der Waals surface area contributed by atoms with Gasteiger partial charge in [0.25, 0.3) is 10.0 Å². The molecule has 1 aromatic heterocycles. The van der Waals surface area contributed by atoms with Gasteiger partial charge < -0.3 is 5.11 Å². The van der Waals surface area contributed by atoms with E-state index in [-0.39, 0.29) is 10.8 Å². The Hall–Kier alpha value is -2.15. The van der Waals surface area contributed by atoms with Gasteiger partial charge in [-0.2, -0.15) is 9.19 Å². The first-order chi connectivity index (χ1) is 10.3. The van der Waals surface area contributed by atoms with Crippen LogP contribution in [0.3, 0.4) is 0 Å². The van der Waals surface area contributed by atoms with Crippen molar-refractivity contribution in [3.8, 4) is 11.1 Å². The molecule has 0 spiro atoms. The average molecular weight is 320 g/mol. The maximum Gasteiger partial charge on any atom is 0.336 e. The van der Waals surface area contributed by atoms with E-state index in [4.69, 9.17) is 0 Å². The summed E-state index contributed by atoms with van der Waals surface area (Å²) in [5.74, 6) is -0.964. The van der Waals surface area contributed by atoms with Crippen LogP contribution < -0.4 is 0 Å². The minimum Gasteiger partial charge on any atom is -0.478 e. The summed E-state index contributed by atoms with van der Waals surface area (Å²) in [4.78, 5) is 11.2. The summed E-state index contributed by atoms with van der Waals surface area (Å²) in [5.41, 5.74) is 2.98. The van der Waals surface area contributed by atoms with Crippen LogP contribution in [0.5, 0.6) is 0 Å². The third-order valence-corrected chi connectivity index (χ3v) is 5.88. The highest BCUT2D eigenvalue weighted by atomic mass is 32.2. The number of aromatic nitrogens is 2. The lowest BCUT2D eigenvalue weighted by Gasteiger charge is -2.08. The molecule has 0 amide bonds. The fraction of sp³-hybridized carbons (Fsp3) is 0.333. The Labute approximate surface area is 128 Å². The zero-order chi connectivity index (χ0) is 16.1. The van der Waals surface area contributed by atoms with E-state index in [9.17, 15) is 18.3 Å². The molecule has 1 saturated carbocycles. The predicted molar refractivity (Wildman–Crippen MR) is 81.4 cm³/mol. The van der Waals surface area contributed by atoms with Gasteiger partial charge in [-0.3, -0.25) is 0 Å². The first kappa shape index (κ1) is 14.8. The van der Waals surface area contributed by atoms with Gasteiger partial charge in [-0.05, 0) is 43.4 Å². The zero-order valence-corrected chi connectivity index (χ0v) is 13.1. The fourth-order valence-electron chi connectivity index (χ4n) is 2.58. The van der Waals surface area contributed by atoms with Crippen molar-refractivity contribution in [1.82, 2.24) is 9.19 Å². The first-order valence-electron chi connectivity index (χ1n) is 6.94. The molecule has 22 heavy (non-hydrogen) atoms. The summed E-state index contributed by atoms with van der Waals surface area (Å²) < 4.78 is 25.3. The van der Waals surface area contributed by atoms with E-state index < -0.39 is 16.0 Å². The van der Waals surface area contributed by atoms with E-state index in [0.717, 1.165) is 9.65 Å². The lowest BCUT2D eigenvalue weighted by atomic mass is 9.97. The smallest absolute Gasteiger partial charge is 0.336 e. The van der Waals surface area contributed by atoms with Gasteiger partial charge in [-0.1, -0.05) is 12.1 Å². The summed E-state index contributed by atoms with van der Waals surface area (Å²) in [6, 6.07) is 3.48. The Balaban J connectivity index is 2.02. The lowest BCUT2D eigenvalue weighted by molar-refractivity contribution is 0.0695. The number of rotatable bonds is 4. The van der Waals surface area contributed by atoms with Crippen LogP contribution >= 0.6 is 0 Å². The van der Waals surface area contributed by atoms with Crippen molar-refractivity contribution >= 4 is 16.0 Å².